The van der Waals surface area contributed by atoms with E-state index >= 15 is 0 Å². The second-order valence-corrected chi connectivity index (χ2v) is 5.97. The van der Waals surface area contributed by atoms with E-state index in [0.29, 0.717) is 6.54 Å². The number of thioether (sulfide) groups is 1. The Morgan fingerprint density at radius 3 is 3.00 bits per heavy atom. The van der Waals surface area contributed by atoms with Crippen molar-refractivity contribution in [1.82, 2.24) is 20.6 Å². The Bertz CT molecular complexity index is 593. The molecule has 0 bridgehead atoms. The molecule has 3 N–H and O–H groups in total. The van der Waals surface area contributed by atoms with Crippen LogP contribution in [0.2, 0.25) is 0 Å². The van der Waals surface area contributed by atoms with Gasteiger partial charge in [-0.3, -0.25) is 10.1 Å². The topological polar surface area (TPSA) is 69.8 Å². The third kappa shape index (κ3) is 3.65. The summed E-state index contributed by atoms with van der Waals surface area (Å²) in [5.74, 6) is 2.67. The third-order valence-corrected chi connectivity index (χ3v) is 4.34. The molecule has 1 aliphatic heterocycles. The van der Waals surface area contributed by atoms with Crippen molar-refractivity contribution in [3.63, 3.8) is 0 Å². The first-order valence-corrected chi connectivity index (χ1v) is 8.16. The number of H-pyrrole nitrogens is 1. The normalized spacial score (nSPS) is 17.8. The second kappa shape index (κ2) is 6.78. The molecule has 1 amide bonds. The van der Waals surface area contributed by atoms with Crippen LogP contribution in [-0.4, -0.2) is 40.1 Å². The van der Waals surface area contributed by atoms with Crippen LogP contribution in [0, 0.1) is 0 Å². The average Bonchev–Trinajstić information content (AvgIpc) is 3.20. The smallest absolute Gasteiger partial charge is 0.238 e. The number of nitrogens with one attached hydrogen (secondary N) is 3. The average molecular weight is 302 g/mol. The summed E-state index contributed by atoms with van der Waals surface area (Å²) in [6, 6.07) is 9.96. The van der Waals surface area contributed by atoms with E-state index in [-0.39, 0.29) is 11.9 Å². The molecule has 1 atom stereocenters. The first-order chi connectivity index (χ1) is 10.3. The zero-order chi connectivity index (χ0) is 14.5. The zero-order valence-corrected chi connectivity index (χ0v) is 12.5. The lowest BCUT2D eigenvalue weighted by Gasteiger charge is -2.09. The van der Waals surface area contributed by atoms with E-state index in [1.54, 1.807) is 11.8 Å². The Labute approximate surface area is 127 Å². The van der Waals surface area contributed by atoms with Crippen molar-refractivity contribution >= 4 is 17.7 Å². The number of benzene rings is 1. The highest BCUT2D eigenvalue weighted by molar-refractivity contribution is 7.99. The molecular weight excluding hydrogens is 284 g/mol. The van der Waals surface area contributed by atoms with E-state index in [0.717, 1.165) is 35.1 Å². The summed E-state index contributed by atoms with van der Waals surface area (Å²) >= 11 is 1.75. The lowest BCUT2D eigenvalue weighted by atomic mass is 10.2. The maximum atomic E-state index is 11.8. The molecule has 0 saturated carbocycles. The van der Waals surface area contributed by atoms with Crippen LogP contribution in [0.25, 0.3) is 11.4 Å². The molecule has 21 heavy (non-hydrogen) atoms. The van der Waals surface area contributed by atoms with Crippen molar-refractivity contribution in [2.75, 3.05) is 18.2 Å². The van der Waals surface area contributed by atoms with Gasteiger partial charge in [0.1, 0.15) is 5.82 Å². The number of carbonyl (C=O) groups is 1. The number of amides is 1. The number of hydrogen-bond donors (Lipinski definition) is 3. The molecule has 3 rings (SSSR count). The van der Waals surface area contributed by atoms with Gasteiger partial charge in [-0.15, -0.1) is 11.8 Å². The van der Waals surface area contributed by atoms with Crippen molar-refractivity contribution < 1.29 is 4.79 Å². The first-order valence-electron chi connectivity index (χ1n) is 7.01. The summed E-state index contributed by atoms with van der Waals surface area (Å²) in [5, 5.41) is 6.12. The third-order valence-electron chi connectivity index (χ3n) is 3.40. The SMILES string of the molecule is O=C(NCCc1cnc(-c2ccccc2)[nH]1)C1CSCN1. The van der Waals surface area contributed by atoms with Crippen LogP contribution in [0.5, 0.6) is 0 Å². The van der Waals surface area contributed by atoms with Gasteiger partial charge in [0, 0.05) is 42.0 Å². The standard InChI is InChI=1S/C15H18N4OS/c20-15(13-9-21-10-18-13)16-7-6-12-8-17-14(19-12)11-4-2-1-3-5-11/h1-5,8,13,18H,6-7,9-10H2,(H,16,20)(H,17,19). The van der Waals surface area contributed by atoms with Crippen molar-refractivity contribution in [2.24, 2.45) is 0 Å². The van der Waals surface area contributed by atoms with Gasteiger partial charge in [0.2, 0.25) is 5.91 Å². The maximum Gasteiger partial charge on any atom is 0.238 e. The largest absolute Gasteiger partial charge is 0.354 e. The summed E-state index contributed by atoms with van der Waals surface area (Å²) in [6.07, 6.45) is 2.59. The van der Waals surface area contributed by atoms with Crippen LogP contribution in [0.3, 0.4) is 0 Å². The molecule has 6 heteroatoms. The van der Waals surface area contributed by atoms with Gasteiger partial charge in [0.25, 0.3) is 0 Å². The number of aromatic nitrogens is 2. The number of carbonyl (C=O) groups excluding carboxylic acids is 1. The van der Waals surface area contributed by atoms with Crippen LogP contribution in [-0.2, 0) is 11.2 Å². The lowest BCUT2D eigenvalue weighted by molar-refractivity contribution is -0.122. The number of hydrogen-bond acceptors (Lipinski definition) is 4. The fraction of sp³-hybridized carbons (Fsp3) is 0.333. The van der Waals surface area contributed by atoms with Crippen molar-refractivity contribution in [3.8, 4) is 11.4 Å². The minimum Gasteiger partial charge on any atom is -0.354 e. The molecule has 5 nitrogen and oxygen atoms in total. The Balaban J connectivity index is 1.50. The molecular formula is C15H18N4OS. The van der Waals surface area contributed by atoms with Crippen molar-refractivity contribution in [1.29, 1.82) is 0 Å². The monoisotopic (exact) mass is 302 g/mol. The lowest BCUT2D eigenvalue weighted by Crippen LogP contribution is -2.42. The fourth-order valence-corrected chi connectivity index (χ4v) is 3.18. The van der Waals surface area contributed by atoms with E-state index in [9.17, 15) is 4.79 Å². The quantitative estimate of drug-likeness (QED) is 0.781. The van der Waals surface area contributed by atoms with Gasteiger partial charge in [0.15, 0.2) is 0 Å². The Morgan fingerprint density at radius 1 is 1.38 bits per heavy atom. The molecule has 1 unspecified atom stereocenters. The summed E-state index contributed by atoms with van der Waals surface area (Å²) in [5.41, 5.74) is 2.10. The number of aromatic amines is 1. The second-order valence-electron chi connectivity index (χ2n) is 4.94. The van der Waals surface area contributed by atoms with Crippen LogP contribution < -0.4 is 10.6 Å². The number of nitrogens with zero attached hydrogens (tertiary/aromatic N) is 1. The summed E-state index contributed by atoms with van der Waals surface area (Å²) in [6.45, 7) is 0.623. The van der Waals surface area contributed by atoms with Crippen LogP contribution in [0.1, 0.15) is 5.69 Å². The van der Waals surface area contributed by atoms with Gasteiger partial charge in [-0.1, -0.05) is 30.3 Å². The molecule has 2 heterocycles. The van der Waals surface area contributed by atoms with Crippen LogP contribution >= 0.6 is 11.8 Å². The predicted octanol–water partition coefficient (Wildman–Crippen LogP) is 1.40. The predicted molar refractivity (Wildman–Crippen MR) is 85.0 cm³/mol. The van der Waals surface area contributed by atoms with E-state index < -0.39 is 0 Å². The molecule has 1 aromatic carbocycles. The molecule has 1 saturated heterocycles. The highest BCUT2D eigenvalue weighted by Gasteiger charge is 2.21. The molecule has 110 valence electrons. The fourth-order valence-electron chi connectivity index (χ4n) is 2.24. The molecule has 1 aliphatic rings. The molecule has 1 fully saturated rings. The Morgan fingerprint density at radius 2 is 2.24 bits per heavy atom. The Hall–Kier alpha value is -1.79. The van der Waals surface area contributed by atoms with E-state index in [1.807, 2.05) is 36.5 Å². The van der Waals surface area contributed by atoms with Crippen molar-refractivity contribution in [3.05, 3.63) is 42.2 Å². The molecule has 2 aromatic rings. The van der Waals surface area contributed by atoms with Gasteiger partial charge in [-0.05, 0) is 0 Å². The minimum atomic E-state index is -0.0448. The van der Waals surface area contributed by atoms with E-state index in [2.05, 4.69) is 20.6 Å². The van der Waals surface area contributed by atoms with Gasteiger partial charge in [0.05, 0.1) is 6.04 Å². The number of rotatable bonds is 5. The Kier molecular flexibility index (Phi) is 4.57. The van der Waals surface area contributed by atoms with Gasteiger partial charge in [-0.2, -0.15) is 0 Å². The summed E-state index contributed by atoms with van der Waals surface area (Å²) < 4.78 is 0. The van der Waals surface area contributed by atoms with Crippen molar-refractivity contribution in [2.45, 2.75) is 12.5 Å². The van der Waals surface area contributed by atoms with Gasteiger partial charge < -0.3 is 10.3 Å². The highest BCUT2D eigenvalue weighted by atomic mass is 32.2. The summed E-state index contributed by atoms with van der Waals surface area (Å²) in [4.78, 5) is 19.5. The van der Waals surface area contributed by atoms with Gasteiger partial charge >= 0.3 is 0 Å². The van der Waals surface area contributed by atoms with E-state index in [1.165, 1.54) is 0 Å². The molecule has 0 spiro atoms. The zero-order valence-electron chi connectivity index (χ0n) is 11.6. The first kappa shape index (κ1) is 14.2. The van der Waals surface area contributed by atoms with Crippen LogP contribution in [0.15, 0.2) is 36.5 Å². The highest BCUT2D eigenvalue weighted by Crippen LogP contribution is 2.14. The van der Waals surface area contributed by atoms with E-state index in [4.69, 9.17) is 0 Å². The maximum absolute atomic E-state index is 11.8. The molecule has 1 aromatic heterocycles. The number of imidazole rings is 1. The van der Waals surface area contributed by atoms with Crippen LogP contribution in [0.4, 0.5) is 0 Å². The summed E-state index contributed by atoms with van der Waals surface area (Å²) in [7, 11) is 0. The molecule has 0 radical (unpaired) electrons. The molecule has 0 aliphatic carbocycles. The van der Waals surface area contributed by atoms with Gasteiger partial charge in [-0.25, -0.2) is 4.98 Å². The minimum absolute atomic E-state index is 0.0448.